The molecule has 1 heterocycles. The first-order valence-corrected chi connectivity index (χ1v) is 6.49. The molecule has 1 rings (SSSR count). The molecule has 2 nitrogen and oxygen atoms in total. The first-order valence-electron chi connectivity index (χ1n) is 6.49. The van der Waals surface area contributed by atoms with Gasteiger partial charge in [0.05, 0.1) is 0 Å². The quantitative estimate of drug-likeness (QED) is 0.536. The van der Waals surface area contributed by atoms with Crippen molar-refractivity contribution in [1.82, 2.24) is 0 Å². The Kier molecular flexibility index (Phi) is 6.78. The van der Waals surface area contributed by atoms with Crippen LogP contribution in [0.1, 0.15) is 58.3 Å². The van der Waals surface area contributed by atoms with Crippen LogP contribution >= 0.6 is 0 Å². The SMILES string of the molecule is C=CC1=C(CCCCCCCCC)OCO1. The van der Waals surface area contributed by atoms with Gasteiger partial charge < -0.3 is 9.47 Å². The summed E-state index contributed by atoms with van der Waals surface area (Å²) in [5, 5.41) is 0. The van der Waals surface area contributed by atoms with Gasteiger partial charge in [-0.2, -0.15) is 0 Å². The van der Waals surface area contributed by atoms with E-state index < -0.39 is 0 Å². The molecule has 0 amide bonds. The van der Waals surface area contributed by atoms with Crippen molar-refractivity contribution in [2.75, 3.05) is 6.79 Å². The molecule has 0 saturated heterocycles. The average Bonchev–Trinajstić information content (AvgIpc) is 2.75. The van der Waals surface area contributed by atoms with Crippen molar-refractivity contribution in [2.24, 2.45) is 0 Å². The van der Waals surface area contributed by atoms with Gasteiger partial charge in [-0.3, -0.25) is 0 Å². The summed E-state index contributed by atoms with van der Waals surface area (Å²) in [6.07, 6.45) is 12.0. The van der Waals surface area contributed by atoms with E-state index in [9.17, 15) is 0 Å². The van der Waals surface area contributed by atoms with E-state index in [4.69, 9.17) is 9.47 Å². The van der Waals surface area contributed by atoms with Crippen LogP contribution in [0.2, 0.25) is 0 Å². The molecule has 0 atom stereocenters. The zero-order valence-corrected chi connectivity index (χ0v) is 10.5. The summed E-state index contributed by atoms with van der Waals surface area (Å²) in [6, 6.07) is 0. The van der Waals surface area contributed by atoms with Gasteiger partial charge in [-0.25, -0.2) is 0 Å². The second-order valence-corrected chi connectivity index (χ2v) is 4.27. The minimum absolute atomic E-state index is 0.368. The minimum Gasteiger partial charge on any atom is -0.458 e. The Bertz CT molecular complexity index is 231. The summed E-state index contributed by atoms with van der Waals surface area (Å²) in [5.41, 5.74) is 0. The average molecular weight is 224 g/mol. The Labute approximate surface area is 99.3 Å². The van der Waals surface area contributed by atoms with Crippen molar-refractivity contribution in [2.45, 2.75) is 58.3 Å². The van der Waals surface area contributed by atoms with Crippen molar-refractivity contribution < 1.29 is 9.47 Å². The van der Waals surface area contributed by atoms with E-state index in [2.05, 4.69) is 13.5 Å². The molecule has 1 aliphatic rings. The highest BCUT2D eigenvalue weighted by Crippen LogP contribution is 2.22. The number of hydrogen-bond donors (Lipinski definition) is 0. The molecule has 16 heavy (non-hydrogen) atoms. The van der Waals surface area contributed by atoms with E-state index in [0.717, 1.165) is 17.9 Å². The van der Waals surface area contributed by atoms with Crippen molar-refractivity contribution in [3.8, 4) is 0 Å². The maximum absolute atomic E-state index is 5.39. The van der Waals surface area contributed by atoms with Gasteiger partial charge in [-0.15, -0.1) is 0 Å². The van der Waals surface area contributed by atoms with Gasteiger partial charge in [0.15, 0.2) is 5.76 Å². The summed E-state index contributed by atoms with van der Waals surface area (Å²) in [5.74, 6) is 1.83. The second kappa shape index (κ2) is 8.26. The molecule has 92 valence electrons. The molecule has 0 unspecified atom stereocenters. The van der Waals surface area contributed by atoms with Crippen molar-refractivity contribution in [3.05, 3.63) is 24.2 Å². The molecule has 2 heteroatoms. The first-order chi connectivity index (χ1) is 7.88. The van der Waals surface area contributed by atoms with Crippen LogP contribution in [-0.4, -0.2) is 6.79 Å². The van der Waals surface area contributed by atoms with Gasteiger partial charge in [-0.1, -0.05) is 52.0 Å². The van der Waals surface area contributed by atoms with Crippen molar-refractivity contribution in [3.63, 3.8) is 0 Å². The van der Waals surface area contributed by atoms with Crippen LogP contribution < -0.4 is 0 Å². The lowest BCUT2D eigenvalue weighted by atomic mass is 10.1. The molecule has 0 saturated carbocycles. The normalized spacial score (nSPS) is 14.8. The van der Waals surface area contributed by atoms with Crippen LogP contribution in [0.15, 0.2) is 24.2 Å². The van der Waals surface area contributed by atoms with Gasteiger partial charge in [0, 0.05) is 6.42 Å². The lowest BCUT2D eigenvalue weighted by Gasteiger charge is -2.02. The third-order valence-electron chi connectivity index (χ3n) is 2.92. The monoisotopic (exact) mass is 224 g/mol. The fourth-order valence-electron chi connectivity index (χ4n) is 1.93. The maximum atomic E-state index is 5.39. The Morgan fingerprint density at radius 3 is 2.44 bits per heavy atom. The van der Waals surface area contributed by atoms with E-state index in [1.54, 1.807) is 6.08 Å². The third kappa shape index (κ3) is 4.73. The Morgan fingerprint density at radius 2 is 1.75 bits per heavy atom. The van der Waals surface area contributed by atoms with E-state index in [1.807, 2.05) is 0 Å². The summed E-state index contributed by atoms with van der Waals surface area (Å²) < 4.78 is 10.7. The molecule has 0 N–H and O–H groups in total. The lowest BCUT2D eigenvalue weighted by molar-refractivity contribution is 0.0717. The third-order valence-corrected chi connectivity index (χ3v) is 2.92. The number of allylic oxidation sites excluding steroid dienone is 2. The smallest absolute Gasteiger partial charge is 0.230 e. The van der Waals surface area contributed by atoms with Crippen molar-refractivity contribution in [1.29, 1.82) is 0 Å². The number of unbranched alkanes of at least 4 members (excludes halogenated alkanes) is 6. The van der Waals surface area contributed by atoms with Crippen LogP contribution in [0.3, 0.4) is 0 Å². The van der Waals surface area contributed by atoms with Gasteiger partial charge in [0.2, 0.25) is 6.79 Å². The largest absolute Gasteiger partial charge is 0.458 e. The number of hydrogen-bond acceptors (Lipinski definition) is 2. The highest BCUT2D eigenvalue weighted by molar-refractivity contribution is 5.15. The molecule has 0 aromatic carbocycles. The van der Waals surface area contributed by atoms with Crippen LogP contribution in [0.25, 0.3) is 0 Å². The maximum Gasteiger partial charge on any atom is 0.230 e. The van der Waals surface area contributed by atoms with Crippen LogP contribution in [0.5, 0.6) is 0 Å². The van der Waals surface area contributed by atoms with Gasteiger partial charge in [-0.05, 0) is 12.5 Å². The molecule has 0 bridgehead atoms. The number of rotatable bonds is 9. The number of ether oxygens (including phenoxy) is 2. The summed E-state index contributed by atoms with van der Waals surface area (Å²) in [4.78, 5) is 0. The zero-order chi connectivity index (χ0) is 11.6. The second-order valence-electron chi connectivity index (χ2n) is 4.27. The summed E-state index contributed by atoms with van der Waals surface area (Å²) >= 11 is 0. The van der Waals surface area contributed by atoms with E-state index in [0.29, 0.717) is 6.79 Å². The van der Waals surface area contributed by atoms with Crippen LogP contribution in [0.4, 0.5) is 0 Å². The standard InChI is InChI=1S/C14H24O2/c1-3-5-6-7-8-9-10-11-14-13(4-2)15-12-16-14/h4H,2-3,5-12H2,1H3. The molecule has 0 aliphatic carbocycles. The summed E-state index contributed by atoms with van der Waals surface area (Å²) in [6.45, 7) is 6.33. The topological polar surface area (TPSA) is 18.5 Å². The predicted octanol–water partition coefficient (Wildman–Crippen LogP) is 4.53. The predicted molar refractivity (Wildman–Crippen MR) is 66.9 cm³/mol. The summed E-state index contributed by atoms with van der Waals surface area (Å²) in [7, 11) is 0. The minimum atomic E-state index is 0.368. The van der Waals surface area contributed by atoms with E-state index >= 15 is 0 Å². The highest BCUT2D eigenvalue weighted by Gasteiger charge is 2.13. The highest BCUT2D eigenvalue weighted by atomic mass is 16.7. The Hall–Kier alpha value is -0.920. The van der Waals surface area contributed by atoms with Crippen molar-refractivity contribution >= 4 is 0 Å². The van der Waals surface area contributed by atoms with Crippen LogP contribution in [-0.2, 0) is 9.47 Å². The Morgan fingerprint density at radius 1 is 1.06 bits per heavy atom. The van der Waals surface area contributed by atoms with Gasteiger partial charge in [0.25, 0.3) is 0 Å². The molecule has 0 aromatic rings. The zero-order valence-electron chi connectivity index (χ0n) is 10.5. The molecular formula is C14H24O2. The lowest BCUT2D eigenvalue weighted by Crippen LogP contribution is -1.87. The van der Waals surface area contributed by atoms with Crippen LogP contribution in [0, 0.1) is 0 Å². The Balaban J connectivity index is 2.00. The molecular weight excluding hydrogens is 200 g/mol. The van der Waals surface area contributed by atoms with E-state index in [1.165, 1.54) is 44.9 Å². The van der Waals surface area contributed by atoms with E-state index in [-0.39, 0.29) is 0 Å². The molecule has 1 aliphatic heterocycles. The fraction of sp³-hybridized carbons (Fsp3) is 0.714. The van der Waals surface area contributed by atoms with Gasteiger partial charge in [0.1, 0.15) is 5.76 Å². The fourth-order valence-corrected chi connectivity index (χ4v) is 1.93. The molecule has 0 spiro atoms. The molecule has 0 aromatic heterocycles. The molecule has 0 radical (unpaired) electrons. The first kappa shape index (κ1) is 13.1. The van der Waals surface area contributed by atoms with Gasteiger partial charge >= 0.3 is 0 Å². The molecule has 0 fully saturated rings.